The maximum absolute atomic E-state index is 13.6. The molecule has 0 aromatic heterocycles. The molecule has 2 N–H and O–H groups in total. The third-order valence-corrected chi connectivity index (χ3v) is 2.42. The summed E-state index contributed by atoms with van der Waals surface area (Å²) >= 11 is 0. The molecular weight excluding hydrogens is 227 g/mol. The van der Waals surface area contributed by atoms with Crippen LogP contribution in [-0.2, 0) is 0 Å². The molecular formula is C15H23FN2. The van der Waals surface area contributed by atoms with Crippen molar-refractivity contribution < 1.29 is 4.39 Å². The second-order valence-electron chi connectivity index (χ2n) is 3.90. The molecule has 100 valence electrons. The van der Waals surface area contributed by atoms with Crippen LogP contribution in [0.1, 0.15) is 44.7 Å². The number of halogens is 1. The standard InChI is InChI=1S/C13H17FN2.C2H6/c1-9(2)10-4-5-13(14)12(6-10)11(7-15)8-16-3;1-2/h4-9H,15H2,1-3H3;1-2H3/b11-7+,16-8?;. The zero-order chi connectivity index (χ0) is 14.1. The Hall–Kier alpha value is -1.64. The van der Waals surface area contributed by atoms with Gasteiger partial charge in [0.25, 0.3) is 0 Å². The first-order valence-corrected chi connectivity index (χ1v) is 6.24. The molecule has 1 aromatic rings. The van der Waals surface area contributed by atoms with Gasteiger partial charge in [-0.1, -0.05) is 33.8 Å². The number of allylic oxidation sites excluding steroid dienone is 1. The van der Waals surface area contributed by atoms with Crippen molar-refractivity contribution in [2.24, 2.45) is 10.7 Å². The maximum atomic E-state index is 13.6. The number of benzene rings is 1. The van der Waals surface area contributed by atoms with E-state index in [2.05, 4.69) is 18.8 Å². The van der Waals surface area contributed by atoms with Crippen molar-refractivity contribution in [3.8, 4) is 0 Å². The Morgan fingerprint density at radius 3 is 2.39 bits per heavy atom. The topological polar surface area (TPSA) is 38.4 Å². The van der Waals surface area contributed by atoms with Crippen LogP contribution in [-0.4, -0.2) is 13.3 Å². The molecule has 2 nitrogen and oxygen atoms in total. The van der Waals surface area contributed by atoms with Gasteiger partial charge in [-0.15, -0.1) is 0 Å². The van der Waals surface area contributed by atoms with Gasteiger partial charge in [0.1, 0.15) is 5.82 Å². The van der Waals surface area contributed by atoms with Crippen LogP contribution >= 0.6 is 0 Å². The summed E-state index contributed by atoms with van der Waals surface area (Å²) < 4.78 is 13.6. The van der Waals surface area contributed by atoms with Crippen molar-refractivity contribution in [3.63, 3.8) is 0 Å². The summed E-state index contributed by atoms with van der Waals surface area (Å²) in [6, 6.07) is 5.08. The monoisotopic (exact) mass is 250 g/mol. The van der Waals surface area contributed by atoms with Gasteiger partial charge in [0, 0.05) is 30.6 Å². The normalized spacial score (nSPS) is 11.6. The van der Waals surface area contributed by atoms with Crippen molar-refractivity contribution >= 4 is 11.8 Å². The highest BCUT2D eigenvalue weighted by Gasteiger charge is 2.08. The minimum atomic E-state index is -0.277. The zero-order valence-electron chi connectivity index (χ0n) is 11.9. The molecule has 0 unspecified atom stereocenters. The average molecular weight is 250 g/mol. The minimum absolute atomic E-state index is 0.277. The Labute approximate surface area is 109 Å². The smallest absolute Gasteiger partial charge is 0.131 e. The number of hydrogen-bond acceptors (Lipinski definition) is 2. The lowest BCUT2D eigenvalue weighted by Crippen LogP contribution is -1.98. The number of aliphatic imine (C=N–C) groups is 1. The summed E-state index contributed by atoms with van der Waals surface area (Å²) in [6.07, 6.45) is 2.93. The van der Waals surface area contributed by atoms with Gasteiger partial charge >= 0.3 is 0 Å². The van der Waals surface area contributed by atoms with Crippen molar-refractivity contribution in [2.45, 2.75) is 33.6 Å². The van der Waals surface area contributed by atoms with Crippen molar-refractivity contribution in [3.05, 3.63) is 41.3 Å². The lowest BCUT2D eigenvalue weighted by Gasteiger charge is -2.09. The molecule has 0 radical (unpaired) electrons. The van der Waals surface area contributed by atoms with E-state index < -0.39 is 0 Å². The molecule has 18 heavy (non-hydrogen) atoms. The molecule has 0 spiro atoms. The van der Waals surface area contributed by atoms with Crippen LogP contribution in [0.3, 0.4) is 0 Å². The van der Waals surface area contributed by atoms with Crippen LogP contribution in [0.2, 0.25) is 0 Å². The third kappa shape index (κ3) is 4.32. The highest BCUT2D eigenvalue weighted by molar-refractivity contribution is 6.09. The SMILES string of the molecule is CC.CN=C/C(=C\N)c1cc(C(C)C)ccc1F. The lowest BCUT2D eigenvalue weighted by molar-refractivity contribution is 0.623. The van der Waals surface area contributed by atoms with Gasteiger partial charge in [-0.25, -0.2) is 4.39 Å². The van der Waals surface area contributed by atoms with Crippen LogP contribution in [0.5, 0.6) is 0 Å². The van der Waals surface area contributed by atoms with Gasteiger partial charge in [-0.2, -0.15) is 0 Å². The maximum Gasteiger partial charge on any atom is 0.131 e. The van der Waals surface area contributed by atoms with Gasteiger partial charge in [0.15, 0.2) is 0 Å². The highest BCUT2D eigenvalue weighted by atomic mass is 19.1. The molecule has 0 amide bonds. The Kier molecular flexibility index (Phi) is 7.68. The fourth-order valence-electron chi connectivity index (χ4n) is 1.46. The molecule has 0 bridgehead atoms. The second-order valence-corrected chi connectivity index (χ2v) is 3.90. The quantitative estimate of drug-likeness (QED) is 0.810. The van der Waals surface area contributed by atoms with Crippen LogP contribution in [0.4, 0.5) is 4.39 Å². The molecule has 0 saturated heterocycles. The predicted molar refractivity (Wildman–Crippen MR) is 78.4 cm³/mol. The number of nitrogens with two attached hydrogens (primary N) is 1. The summed E-state index contributed by atoms with van der Waals surface area (Å²) in [5.74, 6) is 0.0814. The third-order valence-electron chi connectivity index (χ3n) is 2.42. The van der Waals surface area contributed by atoms with E-state index in [9.17, 15) is 4.39 Å². The van der Waals surface area contributed by atoms with Crippen LogP contribution in [0.25, 0.3) is 5.57 Å². The summed E-state index contributed by atoms with van der Waals surface area (Å²) in [7, 11) is 1.63. The summed E-state index contributed by atoms with van der Waals surface area (Å²) in [6.45, 7) is 8.13. The largest absolute Gasteiger partial charge is 0.404 e. The molecule has 0 aliphatic carbocycles. The van der Waals surface area contributed by atoms with Gasteiger partial charge in [-0.05, 0) is 23.6 Å². The van der Waals surface area contributed by atoms with Crippen LogP contribution in [0, 0.1) is 5.82 Å². The van der Waals surface area contributed by atoms with E-state index >= 15 is 0 Å². The Balaban J connectivity index is 0.00000137. The number of rotatable bonds is 3. The zero-order valence-corrected chi connectivity index (χ0v) is 11.9. The lowest BCUT2D eigenvalue weighted by atomic mass is 9.97. The van der Waals surface area contributed by atoms with E-state index in [0.717, 1.165) is 5.56 Å². The molecule has 0 heterocycles. The van der Waals surface area contributed by atoms with E-state index in [-0.39, 0.29) is 5.82 Å². The Bertz CT molecular complexity index is 421. The summed E-state index contributed by atoms with van der Waals surface area (Å²) in [5, 5.41) is 0. The fourth-order valence-corrected chi connectivity index (χ4v) is 1.46. The van der Waals surface area contributed by atoms with Crippen molar-refractivity contribution in [1.82, 2.24) is 0 Å². The molecule has 1 rings (SSSR count). The molecule has 1 aromatic carbocycles. The minimum Gasteiger partial charge on any atom is -0.404 e. The Morgan fingerprint density at radius 1 is 1.33 bits per heavy atom. The highest BCUT2D eigenvalue weighted by Crippen LogP contribution is 2.22. The van der Waals surface area contributed by atoms with Gasteiger partial charge in [0.2, 0.25) is 0 Å². The van der Waals surface area contributed by atoms with E-state index in [1.807, 2.05) is 19.9 Å². The van der Waals surface area contributed by atoms with Crippen molar-refractivity contribution in [1.29, 1.82) is 0 Å². The van der Waals surface area contributed by atoms with Gasteiger partial charge in [0.05, 0.1) is 0 Å². The van der Waals surface area contributed by atoms with Gasteiger partial charge < -0.3 is 5.73 Å². The first-order valence-electron chi connectivity index (χ1n) is 6.24. The number of hydrogen-bond donors (Lipinski definition) is 1. The Morgan fingerprint density at radius 2 is 1.94 bits per heavy atom. The molecule has 0 aliphatic rings. The summed E-state index contributed by atoms with van der Waals surface area (Å²) in [5.41, 5.74) is 7.65. The molecule has 0 atom stereocenters. The predicted octanol–water partition coefficient (Wildman–Crippen LogP) is 3.98. The first-order chi connectivity index (χ1) is 8.60. The average Bonchev–Trinajstić information content (AvgIpc) is 2.39. The fraction of sp³-hybridized carbons (Fsp3) is 0.400. The van der Waals surface area contributed by atoms with Crippen molar-refractivity contribution in [2.75, 3.05) is 7.05 Å². The van der Waals surface area contributed by atoms with Crippen LogP contribution in [0.15, 0.2) is 29.4 Å². The van der Waals surface area contributed by atoms with E-state index in [1.54, 1.807) is 19.3 Å². The molecule has 3 heteroatoms. The first kappa shape index (κ1) is 16.4. The summed E-state index contributed by atoms with van der Waals surface area (Å²) in [4.78, 5) is 3.86. The van der Waals surface area contributed by atoms with Gasteiger partial charge in [-0.3, -0.25) is 4.99 Å². The number of nitrogens with zero attached hydrogens (tertiary/aromatic N) is 1. The van der Waals surface area contributed by atoms with E-state index in [4.69, 9.17) is 5.73 Å². The molecule has 0 aliphatic heterocycles. The molecule has 0 saturated carbocycles. The van der Waals surface area contributed by atoms with E-state index in [0.29, 0.717) is 17.1 Å². The second kappa shape index (κ2) is 8.45. The van der Waals surface area contributed by atoms with E-state index in [1.165, 1.54) is 12.3 Å². The molecule has 0 fully saturated rings. The van der Waals surface area contributed by atoms with Crippen LogP contribution < -0.4 is 5.73 Å².